The Kier molecular flexibility index (Phi) is 4.05. The third-order valence-electron chi connectivity index (χ3n) is 1.70. The fourth-order valence-electron chi connectivity index (χ4n) is 0.667. The molecule has 2 unspecified atom stereocenters. The van der Waals surface area contributed by atoms with Crippen LogP contribution in [0.25, 0.3) is 0 Å². The molecule has 0 fully saturated rings. The van der Waals surface area contributed by atoms with E-state index in [1.807, 2.05) is 6.92 Å². The maximum atomic E-state index is 9.09. The summed E-state index contributed by atoms with van der Waals surface area (Å²) in [7, 11) is 0. The van der Waals surface area contributed by atoms with E-state index in [9.17, 15) is 0 Å². The molecule has 0 spiro atoms. The predicted molar refractivity (Wildman–Crippen MR) is 44.8 cm³/mol. The Morgan fingerprint density at radius 2 is 2.10 bits per heavy atom. The summed E-state index contributed by atoms with van der Waals surface area (Å²) in [5.74, 6) is 0.283. The third kappa shape index (κ3) is 3.46. The van der Waals surface area contributed by atoms with Crippen molar-refractivity contribution in [1.82, 2.24) is 0 Å². The number of rotatable bonds is 4. The highest BCUT2D eigenvalue weighted by Crippen LogP contribution is 2.13. The number of aliphatic hydroxyl groups excluding tert-OH is 1. The highest BCUT2D eigenvalue weighted by Gasteiger charge is 2.07. The van der Waals surface area contributed by atoms with E-state index in [4.69, 9.17) is 5.11 Å². The Balaban J connectivity index is 3.67. The van der Waals surface area contributed by atoms with Crippen LogP contribution in [-0.4, -0.2) is 11.2 Å². The molecule has 0 aliphatic rings. The first-order valence-electron chi connectivity index (χ1n) is 3.56. The van der Waals surface area contributed by atoms with Gasteiger partial charge in [0.05, 0.1) is 6.10 Å². The van der Waals surface area contributed by atoms with Gasteiger partial charge in [-0.1, -0.05) is 31.7 Å². The van der Waals surface area contributed by atoms with Crippen molar-refractivity contribution in [2.75, 3.05) is 0 Å². The van der Waals surface area contributed by atoms with Crippen molar-refractivity contribution in [3.05, 3.63) is 24.8 Å². The molecule has 0 rings (SSSR count). The molecule has 0 aromatic heterocycles. The van der Waals surface area contributed by atoms with Gasteiger partial charge in [0.1, 0.15) is 0 Å². The lowest BCUT2D eigenvalue weighted by molar-refractivity contribution is 0.135. The Hall–Kier alpha value is -0.560. The lowest BCUT2D eigenvalue weighted by Gasteiger charge is -2.13. The van der Waals surface area contributed by atoms with Crippen LogP contribution in [0.4, 0.5) is 0 Å². The molecular formula is C9H16O. The minimum absolute atomic E-state index is 0.253. The summed E-state index contributed by atoms with van der Waals surface area (Å²) in [6, 6.07) is 0. The second-order valence-electron chi connectivity index (χ2n) is 2.78. The fraction of sp³-hybridized carbons (Fsp3) is 0.556. The van der Waals surface area contributed by atoms with Gasteiger partial charge >= 0.3 is 0 Å². The summed E-state index contributed by atoms with van der Waals surface area (Å²) < 4.78 is 0. The Morgan fingerprint density at radius 3 is 2.40 bits per heavy atom. The van der Waals surface area contributed by atoms with Crippen LogP contribution in [0.1, 0.15) is 20.3 Å². The van der Waals surface area contributed by atoms with E-state index < -0.39 is 0 Å². The van der Waals surface area contributed by atoms with Gasteiger partial charge in [-0.25, -0.2) is 0 Å². The summed E-state index contributed by atoms with van der Waals surface area (Å²) in [5, 5.41) is 9.09. The van der Waals surface area contributed by atoms with Crippen molar-refractivity contribution in [2.24, 2.45) is 5.92 Å². The normalized spacial score (nSPS) is 15.9. The Bertz CT molecular complexity index is 125. The molecule has 1 heteroatoms. The molecule has 0 saturated carbocycles. The molecule has 1 nitrogen and oxygen atoms in total. The van der Waals surface area contributed by atoms with E-state index in [2.05, 4.69) is 13.2 Å². The number of hydrogen-bond donors (Lipinski definition) is 1. The monoisotopic (exact) mass is 140 g/mol. The van der Waals surface area contributed by atoms with Crippen molar-refractivity contribution in [3.63, 3.8) is 0 Å². The van der Waals surface area contributed by atoms with E-state index in [-0.39, 0.29) is 12.0 Å². The van der Waals surface area contributed by atoms with Crippen molar-refractivity contribution in [1.29, 1.82) is 0 Å². The van der Waals surface area contributed by atoms with Gasteiger partial charge in [-0.05, 0) is 19.3 Å². The predicted octanol–water partition coefficient (Wildman–Crippen LogP) is 2.14. The molecule has 0 amide bonds. The summed E-state index contributed by atoms with van der Waals surface area (Å²) in [4.78, 5) is 0. The van der Waals surface area contributed by atoms with Gasteiger partial charge in [0.25, 0.3) is 0 Å². The van der Waals surface area contributed by atoms with Crippen LogP contribution >= 0.6 is 0 Å². The topological polar surface area (TPSA) is 20.2 Å². The maximum absolute atomic E-state index is 9.09. The molecule has 10 heavy (non-hydrogen) atoms. The molecule has 58 valence electrons. The van der Waals surface area contributed by atoms with E-state index in [1.165, 1.54) is 0 Å². The number of allylic oxidation sites excluding steroid dienone is 2. The minimum atomic E-state index is -0.253. The Morgan fingerprint density at radius 1 is 1.60 bits per heavy atom. The maximum Gasteiger partial charge on any atom is 0.0540 e. The standard InChI is InChI=1S/C9H16O/c1-5-7(2)6-8(3)9(4)10/h5,8-10H,1-2,6H2,3-4H3. The molecule has 2 atom stereocenters. The van der Waals surface area contributed by atoms with Crippen molar-refractivity contribution in [3.8, 4) is 0 Å². The quantitative estimate of drug-likeness (QED) is 0.593. The van der Waals surface area contributed by atoms with Gasteiger partial charge in [0.2, 0.25) is 0 Å². The van der Waals surface area contributed by atoms with E-state index in [0.29, 0.717) is 0 Å². The second kappa shape index (κ2) is 4.29. The molecule has 0 saturated heterocycles. The van der Waals surface area contributed by atoms with Gasteiger partial charge in [-0.15, -0.1) is 0 Å². The van der Waals surface area contributed by atoms with Crippen LogP contribution in [0, 0.1) is 5.92 Å². The van der Waals surface area contributed by atoms with E-state index in [0.717, 1.165) is 12.0 Å². The summed E-state index contributed by atoms with van der Waals surface area (Å²) in [6.07, 6.45) is 2.32. The highest BCUT2D eigenvalue weighted by molar-refractivity contribution is 5.11. The summed E-state index contributed by atoms with van der Waals surface area (Å²) in [6.45, 7) is 11.2. The molecule has 1 N–H and O–H groups in total. The van der Waals surface area contributed by atoms with Gasteiger partial charge in [-0.3, -0.25) is 0 Å². The molecule has 0 aliphatic carbocycles. The van der Waals surface area contributed by atoms with Crippen molar-refractivity contribution >= 4 is 0 Å². The molecule has 0 aliphatic heterocycles. The number of hydrogen-bond acceptors (Lipinski definition) is 1. The zero-order chi connectivity index (χ0) is 8.15. The zero-order valence-electron chi connectivity index (χ0n) is 6.80. The average molecular weight is 140 g/mol. The van der Waals surface area contributed by atoms with Crippen LogP contribution in [0.2, 0.25) is 0 Å². The Labute approximate surface area is 63.1 Å². The summed E-state index contributed by atoms with van der Waals surface area (Å²) in [5.41, 5.74) is 0.994. The molecule has 0 bridgehead atoms. The molecule has 0 aromatic rings. The fourth-order valence-corrected chi connectivity index (χ4v) is 0.667. The van der Waals surface area contributed by atoms with Crippen LogP contribution in [0.3, 0.4) is 0 Å². The molecular weight excluding hydrogens is 124 g/mol. The minimum Gasteiger partial charge on any atom is -0.393 e. The van der Waals surface area contributed by atoms with Crippen LogP contribution in [0.5, 0.6) is 0 Å². The van der Waals surface area contributed by atoms with Crippen LogP contribution < -0.4 is 0 Å². The third-order valence-corrected chi connectivity index (χ3v) is 1.70. The first kappa shape index (κ1) is 9.44. The van der Waals surface area contributed by atoms with Gasteiger partial charge < -0.3 is 5.11 Å². The van der Waals surface area contributed by atoms with Crippen LogP contribution in [0.15, 0.2) is 24.8 Å². The molecule has 0 heterocycles. The average Bonchev–Trinajstić information content (AvgIpc) is 1.87. The number of aliphatic hydroxyl groups is 1. The lowest BCUT2D eigenvalue weighted by atomic mass is 9.98. The van der Waals surface area contributed by atoms with Gasteiger partial charge in [0.15, 0.2) is 0 Å². The van der Waals surface area contributed by atoms with E-state index in [1.54, 1.807) is 13.0 Å². The van der Waals surface area contributed by atoms with Crippen molar-refractivity contribution < 1.29 is 5.11 Å². The first-order chi connectivity index (χ1) is 4.57. The molecule has 0 aromatic carbocycles. The lowest BCUT2D eigenvalue weighted by Crippen LogP contribution is -2.12. The summed E-state index contributed by atoms with van der Waals surface area (Å²) >= 11 is 0. The second-order valence-corrected chi connectivity index (χ2v) is 2.78. The zero-order valence-corrected chi connectivity index (χ0v) is 6.80. The van der Waals surface area contributed by atoms with E-state index >= 15 is 0 Å². The van der Waals surface area contributed by atoms with Gasteiger partial charge in [-0.2, -0.15) is 0 Å². The molecule has 0 radical (unpaired) electrons. The van der Waals surface area contributed by atoms with Crippen molar-refractivity contribution in [2.45, 2.75) is 26.4 Å². The first-order valence-corrected chi connectivity index (χ1v) is 3.56. The smallest absolute Gasteiger partial charge is 0.0540 e. The highest BCUT2D eigenvalue weighted by atomic mass is 16.3. The van der Waals surface area contributed by atoms with Crippen LogP contribution in [-0.2, 0) is 0 Å². The largest absolute Gasteiger partial charge is 0.393 e. The van der Waals surface area contributed by atoms with Gasteiger partial charge in [0, 0.05) is 0 Å². The SMILES string of the molecule is C=CC(=C)CC(C)C(C)O.